The van der Waals surface area contributed by atoms with E-state index < -0.39 is 0 Å². The third kappa shape index (κ3) is 3.99. The van der Waals surface area contributed by atoms with Gasteiger partial charge in [-0.15, -0.1) is 0 Å². The Hall–Kier alpha value is -2.24. The molecule has 0 unspecified atom stereocenters. The van der Waals surface area contributed by atoms with Crippen LogP contribution in [0, 0.1) is 5.82 Å². The first-order valence-electron chi connectivity index (χ1n) is 8.09. The van der Waals surface area contributed by atoms with Crippen LogP contribution in [0.5, 0.6) is 0 Å². The summed E-state index contributed by atoms with van der Waals surface area (Å²) < 4.78 is 19.1. The van der Waals surface area contributed by atoms with Crippen molar-refractivity contribution in [3.8, 4) is 0 Å². The molecule has 1 aliphatic heterocycles. The summed E-state index contributed by atoms with van der Waals surface area (Å²) in [6.07, 6.45) is -0.0498. The Morgan fingerprint density at radius 3 is 2.79 bits per heavy atom. The minimum absolute atomic E-state index is 0.00365. The van der Waals surface area contributed by atoms with E-state index in [1.807, 2.05) is 36.4 Å². The molecule has 2 N–H and O–H groups in total. The number of morpholine rings is 1. The average Bonchev–Trinajstić information content (AvgIpc) is 2.62. The number of benzene rings is 2. The number of nitrogens with zero attached hydrogens (tertiary/aromatic N) is 1. The van der Waals surface area contributed by atoms with Gasteiger partial charge in [-0.05, 0) is 23.3 Å². The molecule has 0 bridgehead atoms. The van der Waals surface area contributed by atoms with E-state index in [0.29, 0.717) is 19.7 Å². The molecule has 0 saturated carbocycles. The Bertz CT molecular complexity index is 693. The summed E-state index contributed by atoms with van der Waals surface area (Å²) >= 11 is 0. The van der Waals surface area contributed by atoms with Crippen molar-refractivity contribution in [2.24, 2.45) is 5.73 Å². The molecular formula is C19H21FN2O2. The second kappa shape index (κ2) is 7.55. The zero-order valence-electron chi connectivity index (χ0n) is 13.4. The summed E-state index contributed by atoms with van der Waals surface area (Å²) in [5.74, 6) is -0.304. The summed E-state index contributed by atoms with van der Waals surface area (Å²) in [5.41, 5.74) is 7.83. The number of hydrogen-bond donors (Lipinski definition) is 1. The van der Waals surface area contributed by atoms with E-state index in [4.69, 9.17) is 10.5 Å². The average molecular weight is 328 g/mol. The smallest absolute Gasteiger partial charge is 0.224 e. The third-order valence-electron chi connectivity index (χ3n) is 4.26. The van der Waals surface area contributed by atoms with Crippen LogP contribution >= 0.6 is 0 Å². The minimum Gasteiger partial charge on any atom is -0.370 e. The molecule has 24 heavy (non-hydrogen) atoms. The number of amides is 1. The van der Waals surface area contributed by atoms with Gasteiger partial charge >= 0.3 is 0 Å². The highest BCUT2D eigenvalue weighted by atomic mass is 19.1. The molecule has 2 aromatic carbocycles. The lowest BCUT2D eigenvalue weighted by Gasteiger charge is -2.33. The van der Waals surface area contributed by atoms with Crippen LogP contribution < -0.4 is 5.73 Å². The fraction of sp³-hybridized carbons (Fsp3) is 0.316. The van der Waals surface area contributed by atoms with Crippen molar-refractivity contribution < 1.29 is 13.9 Å². The lowest BCUT2D eigenvalue weighted by Crippen LogP contribution is -2.43. The van der Waals surface area contributed by atoms with Gasteiger partial charge in [-0.3, -0.25) is 4.79 Å². The Kier molecular flexibility index (Phi) is 5.23. The van der Waals surface area contributed by atoms with Crippen LogP contribution in [0.25, 0.3) is 0 Å². The number of rotatable bonds is 4. The molecule has 5 heteroatoms. The van der Waals surface area contributed by atoms with E-state index in [1.54, 1.807) is 11.0 Å². The molecule has 1 heterocycles. The number of carbonyl (C=O) groups excluding carboxylic acids is 1. The van der Waals surface area contributed by atoms with E-state index in [9.17, 15) is 9.18 Å². The first-order valence-corrected chi connectivity index (χ1v) is 8.09. The number of nitrogens with two attached hydrogens (primary N) is 1. The van der Waals surface area contributed by atoms with Crippen LogP contribution in [0.2, 0.25) is 0 Å². The van der Waals surface area contributed by atoms with Crippen molar-refractivity contribution in [3.63, 3.8) is 0 Å². The van der Waals surface area contributed by atoms with Crippen LogP contribution in [-0.4, -0.2) is 30.5 Å². The lowest BCUT2D eigenvalue weighted by atomic mass is 10.0. The van der Waals surface area contributed by atoms with Gasteiger partial charge in [-0.25, -0.2) is 4.39 Å². The van der Waals surface area contributed by atoms with Gasteiger partial charge in [0.15, 0.2) is 0 Å². The Labute approximate surface area is 141 Å². The highest BCUT2D eigenvalue weighted by Crippen LogP contribution is 2.24. The van der Waals surface area contributed by atoms with Crippen molar-refractivity contribution in [1.29, 1.82) is 0 Å². The van der Waals surface area contributed by atoms with E-state index in [-0.39, 0.29) is 30.3 Å². The van der Waals surface area contributed by atoms with Crippen molar-refractivity contribution in [3.05, 3.63) is 71.5 Å². The summed E-state index contributed by atoms with van der Waals surface area (Å²) in [7, 11) is 0. The second-order valence-electron chi connectivity index (χ2n) is 5.98. The van der Waals surface area contributed by atoms with Crippen molar-refractivity contribution in [1.82, 2.24) is 4.90 Å². The largest absolute Gasteiger partial charge is 0.370 e. The van der Waals surface area contributed by atoms with Gasteiger partial charge in [0, 0.05) is 19.0 Å². The normalized spacial score (nSPS) is 19.1. The molecule has 126 valence electrons. The van der Waals surface area contributed by atoms with E-state index in [2.05, 4.69) is 0 Å². The number of carbonyl (C=O) groups is 1. The molecule has 3 rings (SSSR count). The molecule has 2 atom stereocenters. The quantitative estimate of drug-likeness (QED) is 0.939. The van der Waals surface area contributed by atoms with Gasteiger partial charge in [-0.2, -0.15) is 0 Å². The first-order chi connectivity index (χ1) is 11.6. The second-order valence-corrected chi connectivity index (χ2v) is 5.98. The molecule has 0 aliphatic carbocycles. The van der Waals surface area contributed by atoms with Gasteiger partial charge in [0.1, 0.15) is 11.9 Å². The molecule has 1 amide bonds. The number of ether oxygens (including phenoxy) is 1. The lowest BCUT2D eigenvalue weighted by molar-refractivity contribution is -0.139. The Balaban J connectivity index is 1.63. The maximum atomic E-state index is 13.4. The maximum Gasteiger partial charge on any atom is 0.224 e. The van der Waals surface area contributed by atoms with Crippen LogP contribution in [0.4, 0.5) is 4.39 Å². The molecule has 1 aliphatic rings. The predicted molar refractivity (Wildman–Crippen MR) is 89.7 cm³/mol. The van der Waals surface area contributed by atoms with Gasteiger partial charge in [0.2, 0.25) is 5.91 Å². The zero-order chi connectivity index (χ0) is 16.9. The van der Waals surface area contributed by atoms with Crippen LogP contribution in [0.15, 0.2) is 54.6 Å². The topological polar surface area (TPSA) is 55.6 Å². The molecule has 0 aromatic heterocycles. The number of halogens is 1. The van der Waals surface area contributed by atoms with Crippen LogP contribution in [0.1, 0.15) is 29.7 Å². The first kappa shape index (κ1) is 16.6. The maximum absolute atomic E-state index is 13.4. The van der Waals surface area contributed by atoms with Crippen molar-refractivity contribution in [2.45, 2.75) is 18.6 Å². The molecule has 1 saturated heterocycles. The molecular weight excluding hydrogens is 307 g/mol. The molecule has 4 nitrogen and oxygen atoms in total. The fourth-order valence-electron chi connectivity index (χ4n) is 2.92. The standard InChI is InChI=1S/C19H21FN2O2/c20-16-8-4-7-15(11-16)18-13-22(9-10-24-18)19(23)12-17(21)14-5-2-1-3-6-14/h1-8,11,17-18H,9-10,12-13,21H2/t17-,18+/m1/s1. The van der Waals surface area contributed by atoms with Gasteiger partial charge in [0.05, 0.1) is 13.2 Å². The molecule has 1 fully saturated rings. The van der Waals surface area contributed by atoms with E-state index in [0.717, 1.165) is 11.1 Å². The van der Waals surface area contributed by atoms with E-state index >= 15 is 0 Å². The molecule has 0 spiro atoms. The Morgan fingerprint density at radius 1 is 1.25 bits per heavy atom. The van der Waals surface area contributed by atoms with Gasteiger partial charge in [0.25, 0.3) is 0 Å². The van der Waals surface area contributed by atoms with Gasteiger partial charge in [-0.1, -0.05) is 42.5 Å². The molecule has 2 aromatic rings. The zero-order valence-corrected chi connectivity index (χ0v) is 13.4. The highest BCUT2D eigenvalue weighted by Gasteiger charge is 2.26. The third-order valence-corrected chi connectivity index (χ3v) is 4.26. The fourth-order valence-corrected chi connectivity index (χ4v) is 2.92. The van der Waals surface area contributed by atoms with Crippen molar-refractivity contribution >= 4 is 5.91 Å². The monoisotopic (exact) mass is 328 g/mol. The summed E-state index contributed by atoms with van der Waals surface area (Å²) in [5, 5.41) is 0. The summed E-state index contributed by atoms with van der Waals surface area (Å²) in [6.45, 7) is 1.39. The molecule has 0 radical (unpaired) electrons. The SMILES string of the molecule is N[C@H](CC(=O)N1CCO[C@H](c2cccc(F)c2)C1)c1ccccc1. The highest BCUT2D eigenvalue weighted by molar-refractivity contribution is 5.77. The number of hydrogen-bond acceptors (Lipinski definition) is 3. The summed E-state index contributed by atoms with van der Waals surface area (Å²) in [6, 6.07) is 15.6. The minimum atomic E-state index is -0.325. The van der Waals surface area contributed by atoms with E-state index in [1.165, 1.54) is 12.1 Å². The predicted octanol–water partition coefficient (Wildman–Crippen LogP) is 2.82. The Morgan fingerprint density at radius 2 is 2.04 bits per heavy atom. The summed E-state index contributed by atoms with van der Waals surface area (Å²) in [4.78, 5) is 14.3. The van der Waals surface area contributed by atoms with Crippen molar-refractivity contribution in [2.75, 3.05) is 19.7 Å². The van der Waals surface area contributed by atoms with Crippen LogP contribution in [0.3, 0.4) is 0 Å². The van der Waals surface area contributed by atoms with Crippen LogP contribution in [-0.2, 0) is 9.53 Å². The van der Waals surface area contributed by atoms with Gasteiger partial charge < -0.3 is 15.4 Å².